The van der Waals surface area contributed by atoms with Crippen LogP contribution < -0.4 is 5.32 Å². The van der Waals surface area contributed by atoms with Crippen molar-refractivity contribution in [1.82, 2.24) is 5.32 Å². The Kier molecular flexibility index (Phi) is 4.82. The van der Waals surface area contributed by atoms with Crippen molar-refractivity contribution in [3.05, 3.63) is 48.0 Å². The smallest absolute Gasteiger partial charge is 0.0159 e. The lowest BCUT2D eigenvalue weighted by Crippen LogP contribution is -2.43. The SMILES string of the molecule is CCNC(Cc1cccc2ccccc12)C(C)(C)CC. The van der Waals surface area contributed by atoms with Crippen molar-refractivity contribution < 1.29 is 0 Å². The quantitative estimate of drug-likeness (QED) is 0.794. The minimum absolute atomic E-state index is 0.312. The Labute approximate surface area is 123 Å². The zero-order chi connectivity index (χ0) is 14.6. The molecule has 0 heterocycles. The van der Waals surface area contributed by atoms with Crippen LogP contribution in [0.3, 0.4) is 0 Å². The first kappa shape index (κ1) is 15.1. The molecule has 0 aliphatic heterocycles. The van der Waals surface area contributed by atoms with Gasteiger partial charge < -0.3 is 5.32 Å². The van der Waals surface area contributed by atoms with E-state index >= 15 is 0 Å². The van der Waals surface area contributed by atoms with Gasteiger partial charge in [-0.2, -0.15) is 0 Å². The van der Waals surface area contributed by atoms with E-state index in [-0.39, 0.29) is 0 Å². The topological polar surface area (TPSA) is 12.0 Å². The Hall–Kier alpha value is -1.34. The van der Waals surface area contributed by atoms with Crippen LogP contribution in [0, 0.1) is 5.41 Å². The zero-order valence-corrected chi connectivity index (χ0v) is 13.2. The van der Waals surface area contributed by atoms with Crippen LogP contribution >= 0.6 is 0 Å². The highest BCUT2D eigenvalue weighted by Gasteiger charge is 2.27. The van der Waals surface area contributed by atoms with Gasteiger partial charge in [0.05, 0.1) is 0 Å². The molecule has 108 valence electrons. The molecule has 0 aromatic heterocycles. The van der Waals surface area contributed by atoms with Crippen molar-refractivity contribution in [1.29, 1.82) is 0 Å². The van der Waals surface area contributed by atoms with Gasteiger partial charge in [0.25, 0.3) is 0 Å². The molecule has 0 aliphatic rings. The molecule has 0 saturated carbocycles. The number of likely N-dealkylation sites (N-methyl/N-ethyl adjacent to an activating group) is 1. The first-order valence-electron chi connectivity index (χ1n) is 7.78. The maximum Gasteiger partial charge on any atom is 0.0159 e. The summed E-state index contributed by atoms with van der Waals surface area (Å²) in [6, 6.07) is 15.9. The van der Waals surface area contributed by atoms with Gasteiger partial charge >= 0.3 is 0 Å². The van der Waals surface area contributed by atoms with Gasteiger partial charge in [-0.05, 0) is 41.1 Å². The fourth-order valence-electron chi connectivity index (χ4n) is 2.81. The molecular formula is C19H27N. The molecule has 1 unspecified atom stereocenters. The van der Waals surface area contributed by atoms with E-state index in [1.54, 1.807) is 0 Å². The maximum absolute atomic E-state index is 3.69. The van der Waals surface area contributed by atoms with Crippen LogP contribution in [0.2, 0.25) is 0 Å². The molecule has 0 aliphatic carbocycles. The van der Waals surface area contributed by atoms with E-state index in [0.717, 1.165) is 13.0 Å². The molecule has 2 rings (SSSR count). The van der Waals surface area contributed by atoms with Gasteiger partial charge in [-0.15, -0.1) is 0 Å². The Balaban J connectivity index is 2.33. The first-order chi connectivity index (χ1) is 9.58. The number of hydrogen-bond acceptors (Lipinski definition) is 1. The number of benzene rings is 2. The lowest BCUT2D eigenvalue weighted by atomic mass is 9.78. The van der Waals surface area contributed by atoms with Gasteiger partial charge in [-0.3, -0.25) is 0 Å². The Morgan fingerprint density at radius 3 is 2.40 bits per heavy atom. The average Bonchev–Trinajstić information content (AvgIpc) is 2.47. The van der Waals surface area contributed by atoms with Crippen molar-refractivity contribution in [3.8, 4) is 0 Å². The Morgan fingerprint density at radius 1 is 1.00 bits per heavy atom. The highest BCUT2D eigenvalue weighted by molar-refractivity contribution is 5.85. The highest BCUT2D eigenvalue weighted by atomic mass is 14.9. The molecule has 0 saturated heterocycles. The molecule has 1 N–H and O–H groups in total. The molecule has 0 radical (unpaired) electrons. The summed E-state index contributed by atoms with van der Waals surface area (Å²) >= 11 is 0. The molecule has 0 fully saturated rings. The van der Waals surface area contributed by atoms with Crippen LogP contribution in [0.15, 0.2) is 42.5 Å². The van der Waals surface area contributed by atoms with Crippen LogP contribution in [0.25, 0.3) is 10.8 Å². The van der Waals surface area contributed by atoms with Crippen LogP contribution in [0.5, 0.6) is 0 Å². The lowest BCUT2D eigenvalue weighted by Gasteiger charge is -2.34. The maximum atomic E-state index is 3.69. The number of nitrogens with one attached hydrogen (secondary N) is 1. The molecular weight excluding hydrogens is 242 g/mol. The molecule has 1 atom stereocenters. The summed E-state index contributed by atoms with van der Waals surface area (Å²) in [5.41, 5.74) is 1.77. The van der Waals surface area contributed by atoms with E-state index in [0.29, 0.717) is 11.5 Å². The number of rotatable bonds is 6. The van der Waals surface area contributed by atoms with Gasteiger partial charge in [0.1, 0.15) is 0 Å². The van der Waals surface area contributed by atoms with Gasteiger partial charge in [-0.1, -0.05) is 70.2 Å². The van der Waals surface area contributed by atoms with Crippen LogP contribution in [0.1, 0.15) is 39.7 Å². The summed E-state index contributed by atoms with van der Waals surface area (Å²) in [5.74, 6) is 0. The molecule has 20 heavy (non-hydrogen) atoms. The van der Waals surface area contributed by atoms with E-state index in [2.05, 4.69) is 75.5 Å². The van der Waals surface area contributed by atoms with E-state index in [1.807, 2.05) is 0 Å². The average molecular weight is 269 g/mol. The summed E-state index contributed by atoms with van der Waals surface area (Å²) in [5, 5.41) is 6.42. The van der Waals surface area contributed by atoms with Crippen molar-refractivity contribution in [2.75, 3.05) is 6.54 Å². The molecule has 1 nitrogen and oxygen atoms in total. The van der Waals surface area contributed by atoms with E-state index in [9.17, 15) is 0 Å². The summed E-state index contributed by atoms with van der Waals surface area (Å²) < 4.78 is 0. The van der Waals surface area contributed by atoms with Crippen molar-refractivity contribution in [3.63, 3.8) is 0 Å². The van der Waals surface area contributed by atoms with Gasteiger partial charge in [0.2, 0.25) is 0 Å². The van der Waals surface area contributed by atoms with Crippen LogP contribution in [-0.2, 0) is 6.42 Å². The second-order valence-corrected chi connectivity index (χ2v) is 6.29. The predicted octanol–water partition coefficient (Wildman–Crippen LogP) is 4.80. The third kappa shape index (κ3) is 3.21. The van der Waals surface area contributed by atoms with Gasteiger partial charge in [0.15, 0.2) is 0 Å². The monoisotopic (exact) mass is 269 g/mol. The van der Waals surface area contributed by atoms with E-state index < -0.39 is 0 Å². The standard InChI is InChI=1S/C19H27N/c1-5-19(3,4)18(20-6-2)14-16-12-9-11-15-10-7-8-13-17(15)16/h7-13,18,20H,5-6,14H2,1-4H3. The first-order valence-corrected chi connectivity index (χ1v) is 7.78. The van der Waals surface area contributed by atoms with Gasteiger partial charge in [0, 0.05) is 6.04 Å². The number of fused-ring (bicyclic) bond motifs is 1. The molecule has 0 bridgehead atoms. The third-order valence-corrected chi connectivity index (χ3v) is 4.61. The molecule has 2 aromatic rings. The molecule has 1 heteroatoms. The highest BCUT2D eigenvalue weighted by Crippen LogP contribution is 2.29. The van der Waals surface area contributed by atoms with Crippen molar-refractivity contribution in [2.24, 2.45) is 5.41 Å². The largest absolute Gasteiger partial charge is 0.313 e. The minimum Gasteiger partial charge on any atom is -0.313 e. The van der Waals surface area contributed by atoms with Crippen molar-refractivity contribution in [2.45, 2.75) is 46.6 Å². The summed E-state index contributed by atoms with van der Waals surface area (Å²) in [7, 11) is 0. The summed E-state index contributed by atoms with van der Waals surface area (Å²) in [4.78, 5) is 0. The Bertz CT molecular complexity index is 551. The van der Waals surface area contributed by atoms with E-state index in [1.165, 1.54) is 22.8 Å². The van der Waals surface area contributed by atoms with E-state index in [4.69, 9.17) is 0 Å². The van der Waals surface area contributed by atoms with Crippen LogP contribution in [-0.4, -0.2) is 12.6 Å². The number of hydrogen-bond donors (Lipinski definition) is 1. The second-order valence-electron chi connectivity index (χ2n) is 6.29. The van der Waals surface area contributed by atoms with Crippen LogP contribution in [0.4, 0.5) is 0 Å². The lowest BCUT2D eigenvalue weighted by molar-refractivity contribution is 0.233. The molecule has 0 spiro atoms. The fraction of sp³-hybridized carbons (Fsp3) is 0.474. The summed E-state index contributed by atoms with van der Waals surface area (Å²) in [6.45, 7) is 10.2. The predicted molar refractivity (Wildman–Crippen MR) is 89.2 cm³/mol. The minimum atomic E-state index is 0.312. The summed E-state index contributed by atoms with van der Waals surface area (Å²) in [6.07, 6.45) is 2.28. The van der Waals surface area contributed by atoms with Crippen molar-refractivity contribution >= 4 is 10.8 Å². The second kappa shape index (κ2) is 6.41. The van der Waals surface area contributed by atoms with Gasteiger partial charge in [-0.25, -0.2) is 0 Å². The normalized spacial score (nSPS) is 13.6. The third-order valence-electron chi connectivity index (χ3n) is 4.61. The fourth-order valence-corrected chi connectivity index (χ4v) is 2.81. The molecule has 2 aromatic carbocycles. The zero-order valence-electron chi connectivity index (χ0n) is 13.2. The Morgan fingerprint density at radius 2 is 1.70 bits per heavy atom. The molecule has 0 amide bonds.